The number of hydrogen-bond acceptors (Lipinski definition) is 2. The van der Waals surface area contributed by atoms with E-state index in [2.05, 4.69) is 0 Å². The first kappa shape index (κ1) is 11.1. The normalized spacial score (nSPS) is 11.8. The van der Waals surface area contributed by atoms with Crippen molar-refractivity contribution < 1.29 is 4.79 Å². The van der Waals surface area contributed by atoms with Crippen molar-refractivity contribution in [1.29, 1.82) is 0 Å². The summed E-state index contributed by atoms with van der Waals surface area (Å²) in [6.07, 6.45) is 0. The van der Waals surface area contributed by atoms with Gasteiger partial charge in [0, 0.05) is 4.75 Å². The number of carbonyl (C=O) groups excluding carboxylic acids is 1. The fourth-order valence-electron chi connectivity index (χ4n) is 0.608. The second-order valence-corrected chi connectivity index (χ2v) is 5.78. The van der Waals surface area contributed by atoms with Crippen LogP contribution in [0.1, 0.15) is 34.6 Å². The molecule has 0 aliphatic heterocycles. The Morgan fingerprint density at radius 2 is 1.82 bits per heavy atom. The van der Waals surface area contributed by atoms with Crippen LogP contribution in [0.5, 0.6) is 0 Å². The lowest BCUT2D eigenvalue weighted by atomic mass is 9.68. The predicted octanol–water partition coefficient (Wildman–Crippen LogP) is 3.17. The molecule has 0 aliphatic carbocycles. The molecule has 0 atom stereocenters. The third kappa shape index (κ3) is 7.99. The van der Waals surface area contributed by atoms with E-state index in [4.69, 9.17) is 0 Å². The number of rotatable bonds is 2. The van der Waals surface area contributed by atoms with Crippen LogP contribution in [-0.4, -0.2) is 17.0 Å². The molecule has 0 amide bonds. The minimum atomic E-state index is 0.0441. The first-order valence-electron chi connectivity index (χ1n) is 3.89. The molecular weight excluding hydrogens is 155 g/mol. The van der Waals surface area contributed by atoms with E-state index in [1.807, 2.05) is 34.6 Å². The summed E-state index contributed by atoms with van der Waals surface area (Å²) in [5, 5.41) is 0.188. The van der Waals surface area contributed by atoms with Crippen molar-refractivity contribution >= 4 is 24.1 Å². The lowest BCUT2D eigenvalue weighted by Gasteiger charge is -2.16. The highest BCUT2D eigenvalue weighted by Gasteiger charge is 2.17. The molecule has 0 rings (SSSR count). The Bertz CT molecular complexity index is 138. The molecule has 0 unspecified atom stereocenters. The van der Waals surface area contributed by atoms with Gasteiger partial charge in [-0.15, -0.1) is 0 Å². The largest absolute Gasteiger partial charge is 0.300 e. The van der Waals surface area contributed by atoms with Crippen LogP contribution in [0.15, 0.2) is 0 Å². The molecule has 0 aromatic rings. The van der Waals surface area contributed by atoms with Crippen molar-refractivity contribution in [3.63, 3.8) is 0 Å². The lowest BCUT2D eigenvalue weighted by Crippen LogP contribution is -2.16. The Morgan fingerprint density at radius 1 is 1.36 bits per heavy atom. The molecule has 0 aromatic heterocycles. The molecule has 1 radical (unpaired) electrons. The van der Waals surface area contributed by atoms with Gasteiger partial charge in [-0.05, 0) is 0 Å². The second-order valence-electron chi connectivity index (χ2n) is 3.94. The topological polar surface area (TPSA) is 17.1 Å². The van der Waals surface area contributed by atoms with Gasteiger partial charge in [0.1, 0.15) is 5.01 Å². The molecule has 11 heavy (non-hydrogen) atoms. The molecular formula is C8H16BOS. The van der Waals surface area contributed by atoms with Crippen LogP contribution >= 0.6 is 11.8 Å². The van der Waals surface area contributed by atoms with Crippen LogP contribution in [0.25, 0.3) is 0 Å². The summed E-state index contributed by atoms with van der Waals surface area (Å²) in [5.41, 5.74) is 0. The third-order valence-corrected chi connectivity index (χ3v) is 1.83. The van der Waals surface area contributed by atoms with E-state index in [1.165, 1.54) is 11.8 Å². The van der Waals surface area contributed by atoms with Crippen LogP contribution in [0, 0.1) is 0 Å². The Labute approximate surface area is 74.6 Å². The molecule has 0 bridgehead atoms. The zero-order valence-electron chi connectivity index (χ0n) is 7.97. The maximum Gasteiger partial charge on any atom is 0.220 e. The quantitative estimate of drug-likeness (QED) is 0.593. The summed E-state index contributed by atoms with van der Waals surface area (Å²) in [4.78, 5) is 11.2. The summed E-state index contributed by atoms with van der Waals surface area (Å²) in [7, 11) is 1.76. The Morgan fingerprint density at radius 3 is 2.09 bits per heavy atom. The summed E-state index contributed by atoms with van der Waals surface area (Å²) >= 11 is 1.39. The Kier molecular flexibility index (Phi) is 4.23. The maximum absolute atomic E-state index is 11.2. The standard InChI is InChI=1S/C8H16BOS/c1-6(2)9-7(10)11-8(3,4)5/h6H,1-5H3. The van der Waals surface area contributed by atoms with Crippen molar-refractivity contribution in [3.8, 4) is 0 Å². The molecule has 0 saturated carbocycles. The maximum atomic E-state index is 11.2. The molecule has 0 spiro atoms. The highest BCUT2D eigenvalue weighted by atomic mass is 32.2. The summed E-state index contributed by atoms with van der Waals surface area (Å²) in [6.45, 7) is 10.2. The molecule has 0 saturated heterocycles. The fraction of sp³-hybridized carbons (Fsp3) is 0.875. The van der Waals surface area contributed by atoms with E-state index >= 15 is 0 Å². The van der Waals surface area contributed by atoms with Gasteiger partial charge in [0.25, 0.3) is 0 Å². The van der Waals surface area contributed by atoms with Crippen molar-refractivity contribution in [3.05, 3.63) is 0 Å². The molecule has 1 nitrogen and oxygen atoms in total. The van der Waals surface area contributed by atoms with Gasteiger partial charge in [-0.1, -0.05) is 52.2 Å². The number of carbonyl (C=O) groups is 1. The SMILES string of the molecule is CC(C)[B]C(=O)SC(C)(C)C. The van der Waals surface area contributed by atoms with E-state index in [9.17, 15) is 4.79 Å². The number of hydrogen-bond donors (Lipinski definition) is 0. The van der Waals surface area contributed by atoms with E-state index < -0.39 is 0 Å². The molecule has 0 N–H and O–H groups in total. The lowest BCUT2D eigenvalue weighted by molar-refractivity contribution is 0.275. The van der Waals surface area contributed by atoms with E-state index in [1.54, 1.807) is 7.28 Å². The second kappa shape index (κ2) is 4.20. The summed E-state index contributed by atoms with van der Waals surface area (Å²) < 4.78 is 0.0441. The monoisotopic (exact) mass is 171 g/mol. The van der Waals surface area contributed by atoms with Gasteiger partial charge in [0.15, 0.2) is 0 Å². The third-order valence-electron chi connectivity index (χ3n) is 0.876. The molecule has 0 aliphatic rings. The minimum absolute atomic E-state index is 0.0441. The van der Waals surface area contributed by atoms with Gasteiger partial charge in [-0.2, -0.15) is 0 Å². The van der Waals surface area contributed by atoms with Crippen LogP contribution in [-0.2, 0) is 0 Å². The fourth-order valence-corrected chi connectivity index (χ4v) is 1.55. The average molecular weight is 171 g/mol. The van der Waals surface area contributed by atoms with Gasteiger partial charge in [-0.25, -0.2) is 0 Å². The summed E-state index contributed by atoms with van der Waals surface area (Å²) in [5.74, 6) is 0.359. The molecule has 63 valence electrons. The van der Waals surface area contributed by atoms with Gasteiger partial charge in [-0.3, -0.25) is 4.79 Å². The highest BCUT2D eigenvalue weighted by molar-refractivity contribution is 8.17. The predicted molar refractivity (Wildman–Crippen MR) is 53.6 cm³/mol. The molecule has 0 heterocycles. The van der Waals surface area contributed by atoms with Crippen molar-refractivity contribution in [2.45, 2.75) is 45.2 Å². The van der Waals surface area contributed by atoms with Crippen LogP contribution in [0.2, 0.25) is 5.82 Å². The van der Waals surface area contributed by atoms with Crippen molar-refractivity contribution in [2.24, 2.45) is 0 Å². The average Bonchev–Trinajstić information content (AvgIpc) is 1.53. The zero-order valence-corrected chi connectivity index (χ0v) is 8.79. The number of thioether (sulfide) groups is 1. The van der Waals surface area contributed by atoms with Crippen LogP contribution in [0.3, 0.4) is 0 Å². The van der Waals surface area contributed by atoms with E-state index in [0.29, 0.717) is 5.82 Å². The highest BCUT2D eigenvalue weighted by Crippen LogP contribution is 2.25. The van der Waals surface area contributed by atoms with E-state index in [-0.39, 0.29) is 9.76 Å². The van der Waals surface area contributed by atoms with Crippen molar-refractivity contribution in [1.82, 2.24) is 0 Å². The van der Waals surface area contributed by atoms with Crippen LogP contribution in [0.4, 0.5) is 4.79 Å². The van der Waals surface area contributed by atoms with Gasteiger partial charge in [0.05, 0.1) is 0 Å². The van der Waals surface area contributed by atoms with Crippen LogP contribution < -0.4 is 0 Å². The first-order valence-corrected chi connectivity index (χ1v) is 4.71. The van der Waals surface area contributed by atoms with Crippen molar-refractivity contribution in [2.75, 3.05) is 0 Å². The van der Waals surface area contributed by atoms with E-state index in [0.717, 1.165) is 0 Å². The minimum Gasteiger partial charge on any atom is -0.300 e. The zero-order chi connectivity index (χ0) is 9.07. The molecule has 0 aromatic carbocycles. The van der Waals surface area contributed by atoms with Gasteiger partial charge >= 0.3 is 0 Å². The molecule has 0 fully saturated rings. The van der Waals surface area contributed by atoms with Gasteiger partial charge < -0.3 is 0 Å². The van der Waals surface area contributed by atoms with Gasteiger partial charge in [0.2, 0.25) is 7.28 Å². The Hall–Kier alpha value is 0.0849. The Balaban J connectivity index is 3.71. The molecule has 3 heteroatoms. The summed E-state index contributed by atoms with van der Waals surface area (Å²) in [6, 6.07) is 0. The first-order chi connectivity index (χ1) is 4.81. The smallest absolute Gasteiger partial charge is 0.220 e.